The number of rotatable bonds is 0. The van der Waals surface area contributed by atoms with E-state index in [1.54, 1.807) is 11.0 Å². The predicted octanol–water partition coefficient (Wildman–Crippen LogP) is 0.538. The molecule has 0 spiro atoms. The molecule has 6 heavy (non-hydrogen) atoms. The third kappa shape index (κ3) is 2.02. The molecular formula is C2H2LaN2S. The fourth-order valence-electron chi connectivity index (χ4n) is 0.136. The molecule has 0 amide bonds. The summed E-state index contributed by atoms with van der Waals surface area (Å²) in [6.45, 7) is 0. The molecule has 0 aromatic carbocycles. The summed E-state index contributed by atoms with van der Waals surface area (Å²) in [6.07, 6.45) is 0. The molecule has 0 aliphatic carbocycles. The first-order valence-corrected chi connectivity index (χ1v) is 2.13. The average Bonchev–Trinajstić information content (AvgIpc) is 1.76. The minimum atomic E-state index is 0. The van der Waals surface area contributed by atoms with Gasteiger partial charge in [0, 0.05) is 35.6 Å². The van der Waals surface area contributed by atoms with Gasteiger partial charge in [-0.2, -0.15) is 0 Å². The van der Waals surface area contributed by atoms with Gasteiger partial charge in [-0.15, -0.1) is 21.5 Å². The third-order valence-electron chi connectivity index (χ3n) is 0.283. The minimum Gasteiger partial charge on any atom is -0.147 e. The van der Waals surface area contributed by atoms with Crippen molar-refractivity contribution in [3.63, 3.8) is 0 Å². The molecule has 1 radical (unpaired) electrons. The van der Waals surface area contributed by atoms with Gasteiger partial charge in [0.05, 0.1) is 0 Å². The molecule has 1 rings (SSSR count). The van der Waals surface area contributed by atoms with Gasteiger partial charge in [0.25, 0.3) is 0 Å². The van der Waals surface area contributed by atoms with E-state index in [4.69, 9.17) is 0 Å². The van der Waals surface area contributed by atoms with Crippen LogP contribution in [0.4, 0.5) is 0 Å². The van der Waals surface area contributed by atoms with Crippen LogP contribution in [0.5, 0.6) is 0 Å². The molecule has 0 saturated heterocycles. The molecule has 0 fully saturated rings. The maximum Gasteiger partial charge on any atom is 0.103 e. The van der Waals surface area contributed by atoms with Gasteiger partial charge in [-0.05, 0) is 0 Å². The number of hydrogen-bond donors (Lipinski definition) is 0. The second-order valence-corrected chi connectivity index (χ2v) is 1.27. The number of nitrogens with zero attached hydrogens (tertiary/aromatic N) is 2. The molecule has 1 aromatic heterocycles. The van der Waals surface area contributed by atoms with Crippen molar-refractivity contribution in [2.75, 3.05) is 0 Å². The third-order valence-corrected chi connectivity index (χ3v) is 0.715. The van der Waals surface area contributed by atoms with Crippen LogP contribution < -0.4 is 0 Å². The summed E-state index contributed by atoms with van der Waals surface area (Å²) >= 11 is 1.49. The fraction of sp³-hybridized carbons (Fsp3) is 0. The summed E-state index contributed by atoms with van der Waals surface area (Å²) in [6, 6.07) is 0. The van der Waals surface area contributed by atoms with Gasteiger partial charge in [0.15, 0.2) is 0 Å². The standard InChI is InChI=1S/C2H2N2S.La/c1-3-4-2-5-1;/h1-2H;. The van der Waals surface area contributed by atoms with E-state index in [0.717, 1.165) is 0 Å². The van der Waals surface area contributed by atoms with Gasteiger partial charge < -0.3 is 0 Å². The van der Waals surface area contributed by atoms with Crippen LogP contribution in [0.1, 0.15) is 0 Å². The van der Waals surface area contributed by atoms with Gasteiger partial charge >= 0.3 is 0 Å². The van der Waals surface area contributed by atoms with Crippen LogP contribution in [0.15, 0.2) is 11.0 Å². The normalized spacial score (nSPS) is 6.67. The molecule has 0 bridgehead atoms. The summed E-state index contributed by atoms with van der Waals surface area (Å²) in [5.41, 5.74) is 3.36. The zero-order valence-corrected chi connectivity index (χ0v) is 7.48. The molecule has 2 nitrogen and oxygen atoms in total. The van der Waals surface area contributed by atoms with Crippen LogP contribution in [0.2, 0.25) is 0 Å². The van der Waals surface area contributed by atoms with Crippen molar-refractivity contribution in [2.45, 2.75) is 0 Å². The molecule has 1 heterocycles. The Balaban J connectivity index is 0.000000250. The maximum atomic E-state index is 3.49. The smallest absolute Gasteiger partial charge is 0.103 e. The topological polar surface area (TPSA) is 25.8 Å². The molecule has 1 aromatic rings. The molecule has 0 N–H and O–H groups in total. The Morgan fingerprint density at radius 2 is 1.67 bits per heavy atom. The van der Waals surface area contributed by atoms with Crippen molar-refractivity contribution in [2.24, 2.45) is 0 Å². The first-order valence-electron chi connectivity index (χ1n) is 1.19. The van der Waals surface area contributed by atoms with E-state index in [-0.39, 0.29) is 35.6 Å². The van der Waals surface area contributed by atoms with Gasteiger partial charge in [-0.1, -0.05) is 0 Å². The molecule has 0 saturated carbocycles. The van der Waals surface area contributed by atoms with Gasteiger partial charge in [-0.25, -0.2) is 0 Å². The molecule has 4 heteroatoms. The molecule has 0 unspecified atom stereocenters. The second kappa shape index (κ2) is 3.93. The van der Waals surface area contributed by atoms with E-state index < -0.39 is 0 Å². The van der Waals surface area contributed by atoms with Crippen molar-refractivity contribution in [3.05, 3.63) is 11.0 Å². The van der Waals surface area contributed by atoms with Crippen LogP contribution in [0, 0.1) is 35.6 Å². The quantitative estimate of drug-likeness (QED) is 0.643. The molecule has 29 valence electrons. The van der Waals surface area contributed by atoms with Crippen molar-refractivity contribution < 1.29 is 35.6 Å². The van der Waals surface area contributed by atoms with Crippen molar-refractivity contribution in [3.8, 4) is 0 Å². The van der Waals surface area contributed by atoms with Gasteiger partial charge in [0.2, 0.25) is 0 Å². The van der Waals surface area contributed by atoms with Crippen molar-refractivity contribution >= 4 is 11.3 Å². The first kappa shape index (κ1) is 6.75. The zero-order chi connectivity index (χ0) is 3.54. The van der Waals surface area contributed by atoms with Crippen LogP contribution in [-0.4, -0.2) is 10.2 Å². The molecule has 0 aliphatic heterocycles. The van der Waals surface area contributed by atoms with E-state index >= 15 is 0 Å². The number of hydrogen-bond acceptors (Lipinski definition) is 3. The van der Waals surface area contributed by atoms with E-state index in [0.29, 0.717) is 0 Å². The Morgan fingerprint density at radius 1 is 1.17 bits per heavy atom. The van der Waals surface area contributed by atoms with Crippen LogP contribution in [0.3, 0.4) is 0 Å². The molecule has 0 atom stereocenters. The Labute approximate surface area is 67.6 Å². The van der Waals surface area contributed by atoms with E-state index in [1.165, 1.54) is 11.3 Å². The van der Waals surface area contributed by atoms with Crippen molar-refractivity contribution in [1.82, 2.24) is 10.2 Å². The number of aromatic nitrogens is 2. The van der Waals surface area contributed by atoms with E-state index in [1.807, 2.05) is 0 Å². The summed E-state index contributed by atoms with van der Waals surface area (Å²) < 4.78 is 0. The van der Waals surface area contributed by atoms with Crippen LogP contribution >= 0.6 is 11.3 Å². The van der Waals surface area contributed by atoms with E-state index in [9.17, 15) is 0 Å². The fourth-order valence-corrected chi connectivity index (χ4v) is 0.408. The average molecular weight is 225 g/mol. The molecular weight excluding hydrogens is 223 g/mol. The molecule has 0 aliphatic rings. The second-order valence-electron chi connectivity index (χ2n) is 0.578. The Morgan fingerprint density at radius 3 is 1.83 bits per heavy atom. The Hall–Kier alpha value is 0.755. The van der Waals surface area contributed by atoms with Gasteiger partial charge in [-0.3, -0.25) is 0 Å². The summed E-state index contributed by atoms with van der Waals surface area (Å²) in [5.74, 6) is 0. The maximum absolute atomic E-state index is 3.49. The summed E-state index contributed by atoms with van der Waals surface area (Å²) in [7, 11) is 0. The Kier molecular flexibility index (Phi) is 4.42. The first-order chi connectivity index (χ1) is 2.50. The summed E-state index contributed by atoms with van der Waals surface area (Å²) in [4.78, 5) is 0. The van der Waals surface area contributed by atoms with E-state index in [2.05, 4.69) is 10.2 Å². The van der Waals surface area contributed by atoms with Crippen LogP contribution in [-0.2, 0) is 0 Å². The SMILES string of the molecule is [La].c1nncs1. The Bertz CT molecular complexity index is 68.0. The van der Waals surface area contributed by atoms with Crippen molar-refractivity contribution in [1.29, 1.82) is 0 Å². The predicted molar refractivity (Wildman–Crippen MR) is 19.9 cm³/mol. The summed E-state index contributed by atoms with van der Waals surface area (Å²) in [5, 5.41) is 6.98. The largest absolute Gasteiger partial charge is 0.147 e. The minimum absolute atomic E-state index is 0. The zero-order valence-electron chi connectivity index (χ0n) is 3.03. The van der Waals surface area contributed by atoms with Gasteiger partial charge in [0.1, 0.15) is 11.0 Å². The monoisotopic (exact) mass is 225 g/mol. The van der Waals surface area contributed by atoms with Crippen LogP contribution in [0.25, 0.3) is 0 Å².